The number of aryl methyl sites for hydroxylation is 1. The van der Waals surface area contributed by atoms with Gasteiger partial charge in [0.25, 0.3) is 5.91 Å². The van der Waals surface area contributed by atoms with E-state index in [1.165, 1.54) is 0 Å². The van der Waals surface area contributed by atoms with Crippen LogP contribution in [0.15, 0.2) is 24.3 Å². The predicted molar refractivity (Wildman–Crippen MR) is 85.3 cm³/mol. The van der Waals surface area contributed by atoms with Gasteiger partial charge in [-0.15, -0.1) is 0 Å². The van der Waals surface area contributed by atoms with Gasteiger partial charge in [0.1, 0.15) is 6.10 Å². The molecular weight excluding hydrogens is 296 g/mol. The quantitative estimate of drug-likeness (QED) is 0.794. The van der Waals surface area contributed by atoms with E-state index < -0.39 is 12.2 Å². The van der Waals surface area contributed by atoms with E-state index in [-0.39, 0.29) is 18.6 Å². The molecule has 0 aliphatic carbocycles. The van der Waals surface area contributed by atoms with E-state index in [2.05, 4.69) is 4.90 Å². The van der Waals surface area contributed by atoms with Gasteiger partial charge in [0, 0.05) is 31.7 Å². The summed E-state index contributed by atoms with van der Waals surface area (Å²) in [5.41, 5.74) is 1.73. The number of hydrogen-bond donors (Lipinski definition) is 2. The van der Waals surface area contributed by atoms with Crippen molar-refractivity contribution in [2.75, 3.05) is 39.4 Å². The van der Waals surface area contributed by atoms with Gasteiger partial charge >= 0.3 is 0 Å². The Balaban J connectivity index is 1.60. The van der Waals surface area contributed by atoms with Gasteiger partial charge in [0.15, 0.2) is 0 Å². The average Bonchev–Trinajstić information content (AvgIpc) is 2.57. The highest BCUT2D eigenvalue weighted by atomic mass is 16.5. The lowest BCUT2D eigenvalue weighted by Gasteiger charge is -2.43. The number of carbonyl (C=O) groups excluding carboxylic acids is 1. The van der Waals surface area contributed by atoms with Crippen molar-refractivity contribution < 1.29 is 19.7 Å². The van der Waals surface area contributed by atoms with Crippen LogP contribution in [0.1, 0.15) is 15.9 Å². The van der Waals surface area contributed by atoms with Gasteiger partial charge < -0.3 is 19.8 Å². The van der Waals surface area contributed by atoms with Gasteiger partial charge in [0.2, 0.25) is 0 Å². The highest BCUT2D eigenvalue weighted by Gasteiger charge is 2.37. The molecular formula is C17H24N2O4. The molecule has 23 heavy (non-hydrogen) atoms. The first-order valence-electron chi connectivity index (χ1n) is 8.11. The van der Waals surface area contributed by atoms with Crippen molar-refractivity contribution in [1.29, 1.82) is 0 Å². The summed E-state index contributed by atoms with van der Waals surface area (Å²) in [6.07, 6.45) is -1.62. The van der Waals surface area contributed by atoms with Crippen LogP contribution in [-0.2, 0) is 4.74 Å². The van der Waals surface area contributed by atoms with Crippen LogP contribution in [0.25, 0.3) is 0 Å². The summed E-state index contributed by atoms with van der Waals surface area (Å²) >= 11 is 0. The number of rotatable bonds is 2. The number of amides is 1. The fourth-order valence-electron chi connectivity index (χ4n) is 3.32. The van der Waals surface area contributed by atoms with Crippen LogP contribution in [0.3, 0.4) is 0 Å². The van der Waals surface area contributed by atoms with E-state index in [0.29, 0.717) is 32.8 Å². The maximum absolute atomic E-state index is 12.6. The third-order valence-electron chi connectivity index (χ3n) is 4.81. The van der Waals surface area contributed by atoms with Crippen molar-refractivity contribution in [2.24, 2.45) is 0 Å². The van der Waals surface area contributed by atoms with Gasteiger partial charge in [-0.05, 0) is 18.6 Å². The normalized spacial score (nSPS) is 29.5. The van der Waals surface area contributed by atoms with E-state index in [4.69, 9.17) is 4.74 Å². The van der Waals surface area contributed by atoms with Crippen molar-refractivity contribution >= 4 is 5.91 Å². The minimum absolute atomic E-state index is 0.0585. The lowest BCUT2D eigenvalue weighted by Crippen LogP contribution is -2.60. The summed E-state index contributed by atoms with van der Waals surface area (Å²) in [5.74, 6) is 0.0585. The molecule has 1 amide bonds. The van der Waals surface area contributed by atoms with Crippen molar-refractivity contribution in [3.05, 3.63) is 35.4 Å². The second-order valence-corrected chi connectivity index (χ2v) is 6.31. The molecule has 1 aromatic carbocycles. The molecule has 0 saturated carbocycles. The fourth-order valence-corrected chi connectivity index (χ4v) is 3.32. The van der Waals surface area contributed by atoms with Crippen molar-refractivity contribution in [2.45, 2.75) is 25.2 Å². The Morgan fingerprint density at radius 1 is 1.13 bits per heavy atom. The molecule has 2 N–H and O–H groups in total. The molecule has 2 fully saturated rings. The third-order valence-corrected chi connectivity index (χ3v) is 4.81. The number of piperazine rings is 1. The van der Waals surface area contributed by atoms with Crippen molar-refractivity contribution in [3.63, 3.8) is 0 Å². The van der Waals surface area contributed by atoms with E-state index in [9.17, 15) is 15.0 Å². The third kappa shape index (κ3) is 3.40. The monoisotopic (exact) mass is 320 g/mol. The molecule has 3 rings (SSSR count). The molecule has 6 nitrogen and oxygen atoms in total. The van der Waals surface area contributed by atoms with Crippen molar-refractivity contribution in [1.82, 2.24) is 9.80 Å². The molecule has 0 unspecified atom stereocenters. The van der Waals surface area contributed by atoms with Crippen LogP contribution in [0.4, 0.5) is 0 Å². The number of carbonyl (C=O) groups is 1. The summed E-state index contributed by atoms with van der Waals surface area (Å²) in [5, 5.41) is 19.9. The van der Waals surface area contributed by atoms with Gasteiger partial charge in [0.05, 0.1) is 25.4 Å². The molecule has 3 atom stereocenters. The summed E-state index contributed by atoms with van der Waals surface area (Å²) in [6.45, 7) is 5.14. The lowest BCUT2D eigenvalue weighted by molar-refractivity contribution is -0.136. The van der Waals surface area contributed by atoms with Crippen LogP contribution < -0.4 is 0 Å². The van der Waals surface area contributed by atoms with Crippen LogP contribution >= 0.6 is 0 Å². The maximum atomic E-state index is 12.6. The molecule has 2 aliphatic rings. The highest BCUT2D eigenvalue weighted by molar-refractivity contribution is 5.95. The first kappa shape index (κ1) is 16.4. The molecule has 0 bridgehead atoms. The molecule has 6 heteroatoms. The zero-order valence-corrected chi connectivity index (χ0v) is 13.4. The van der Waals surface area contributed by atoms with Gasteiger partial charge in [-0.3, -0.25) is 9.69 Å². The molecule has 2 saturated heterocycles. The number of hydrogen-bond acceptors (Lipinski definition) is 5. The Hall–Kier alpha value is -1.47. The second kappa shape index (κ2) is 6.97. The molecule has 0 spiro atoms. The largest absolute Gasteiger partial charge is 0.389 e. The Kier molecular flexibility index (Phi) is 4.96. The summed E-state index contributed by atoms with van der Waals surface area (Å²) < 4.78 is 5.35. The van der Waals surface area contributed by atoms with Crippen LogP contribution in [0.2, 0.25) is 0 Å². The summed E-state index contributed by atoms with van der Waals surface area (Å²) in [6, 6.07) is 7.42. The number of ether oxygens (including phenoxy) is 1. The standard InChI is InChI=1S/C17H24N2O4/c1-12-4-2-3-5-13(12)17(22)19-8-6-18(7-9-19)14-10-23-11-15(20)16(14)21/h2-5,14-16,20-21H,6-11H2,1H3/t14-,15-,16+/m1/s1. The first-order valence-corrected chi connectivity index (χ1v) is 8.11. The molecule has 2 heterocycles. The Morgan fingerprint density at radius 3 is 2.52 bits per heavy atom. The summed E-state index contributed by atoms with van der Waals surface area (Å²) in [4.78, 5) is 16.6. The van der Waals surface area contributed by atoms with Gasteiger partial charge in [-0.1, -0.05) is 18.2 Å². The Bertz CT molecular complexity index is 557. The molecule has 0 radical (unpaired) electrons. The van der Waals surface area contributed by atoms with Crippen molar-refractivity contribution in [3.8, 4) is 0 Å². The van der Waals surface area contributed by atoms with E-state index >= 15 is 0 Å². The zero-order valence-electron chi connectivity index (χ0n) is 13.4. The van der Waals surface area contributed by atoms with Crippen LogP contribution in [0.5, 0.6) is 0 Å². The topological polar surface area (TPSA) is 73.2 Å². The fraction of sp³-hybridized carbons (Fsp3) is 0.588. The van der Waals surface area contributed by atoms with Gasteiger partial charge in [-0.25, -0.2) is 0 Å². The first-order chi connectivity index (χ1) is 11.1. The predicted octanol–water partition coefficient (Wildman–Crippen LogP) is -0.127. The molecule has 1 aromatic rings. The van der Waals surface area contributed by atoms with E-state index in [0.717, 1.165) is 11.1 Å². The zero-order chi connectivity index (χ0) is 16.4. The Labute approximate surface area is 136 Å². The molecule has 2 aliphatic heterocycles. The average molecular weight is 320 g/mol. The highest BCUT2D eigenvalue weighted by Crippen LogP contribution is 2.18. The SMILES string of the molecule is Cc1ccccc1C(=O)N1CCN([C@@H]2COC[C@@H](O)[C@H]2O)CC1. The molecule has 126 valence electrons. The summed E-state index contributed by atoms with van der Waals surface area (Å²) in [7, 11) is 0. The van der Waals surface area contributed by atoms with Gasteiger partial charge in [-0.2, -0.15) is 0 Å². The second-order valence-electron chi connectivity index (χ2n) is 6.31. The van der Waals surface area contributed by atoms with Crippen LogP contribution in [0, 0.1) is 6.92 Å². The lowest BCUT2D eigenvalue weighted by atomic mass is 10.0. The number of benzene rings is 1. The minimum atomic E-state index is -0.833. The van der Waals surface area contributed by atoms with E-state index in [1.807, 2.05) is 36.1 Å². The smallest absolute Gasteiger partial charge is 0.254 e. The molecule has 0 aromatic heterocycles. The Morgan fingerprint density at radius 2 is 1.83 bits per heavy atom. The van der Waals surface area contributed by atoms with E-state index in [1.54, 1.807) is 0 Å². The maximum Gasteiger partial charge on any atom is 0.254 e. The number of aliphatic hydroxyl groups is 2. The number of nitrogens with zero attached hydrogens (tertiary/aromatic N) is 2. The van der Waals surface area contributed by atoms with Crippen LogP contribution in [-0.4, -0.2) is 83.6 Å². The minimum Gasteiger partial charge on any atom is -0.389 e. The number of aliphatic hydroxyl groups excluding tert-OH is 2.